The number of anilines is 1. The molecule has 0 aliphatic rings. The van der Waals surface area contributed by atoms with E-state index in [2.05, 4.69) is 16.4 Å². The minimum atomic E-state index is 0.710. The van der Waals surface area contributed by atoms with Gasteiger partial charge in [-0.05, 0) is 30.7 Å². The predicted octanol–water partition coefficient (Wildman–Crippen LogP) is 4.18. The summed E-state index contributed by atoms with van der Waals surface area (Å²) in [6.45, 7) is 1.58. The van der Waals surface area contributed by atoms with Crippen molar-refractivity contribution < 1.29 is 4.74 Å². The molecule has 0 saturated heterocycles. The number of fused-ring (bicyclic) bond motifs is 1. The first-order valence-corrected chi connectivity index (χ1v) is 7.51. The van der Waals surface area contributed by atoms with Gasteiger partial charge in [0.15, 0.2) is 5.13 Å². The van der Waals surface area contributed by atoms with E-state index in [9.17, 15) is 0 Å². The molecule has 0 aliphatic carbocycles. The average molecular weight is 284 g/mol. The van der Waals surface area contributed by atoms with Gasteiger partial charge < -0.3 is 10.1 Å². The van der Waals surface area contributed by atoms with Crippen molar-refractivity contribution in [2.45, 2.75) is 6.42 Å². The van der Waals surface area contributed by atoms with Crippen molar-refractivity contribution in [3.8, 4) is 5.75 Å². The number of ether oxygens (including phenoxy) is 1. The van der Waals surface area contributed by atoms with Crippen molar-refractivity contribution in [2.24, 2.45) is 0 Å². The predicted molar refractivity (Wildman–Crippen MR) is 84.7 cm³/mol. The van der Waals surface area contributed by atoms with E-state index in [0.29, 0.717) is 6.61 Å². The lowest BCUT2D eigenvalue weighted by Crippen LogP contribution is -2.06. The van der Waals surface area contributed by atoms with Gasteiger partial charge in [-0.2, -0.15) is 0 Å². The SMILES string of the molecule is c1ccc(OCCCNc2nc3ccccc3s2)cc1. The van der Waals surface area contributed by atoms with E-state index in [1.807, 2.05) is 48.5 Å². The van der Waals surface area contributed by atoms with Crippen LogP contribution in [0, 0.1) is 0 Å². The number of para-hydroxylation sites is 2. The molecule has 2 aromatic carbocycles. The number of aromatic nitrogens is 1. The third-order valence-corrected chi connectivity index (χ3v) is 3.90. The van der Waals surface area contributed by atoms with E-state index < -0.39 is 0 Å². The van der Waals surface area contributed by atoms with Crippen LogP contribution in [0.4, 0.5) is 5.13 Å². The number of hydrogen-bond acceptors (Lipinski definition) is 4. The third-order valence-electron chi connectivity index (χ3n) is 2.90. The van der Waals surface area contributed by atoms with Gasteiger partial charge in [-0.25, -0.2) is 4.98 Å². The van der Waals surface area contributed by atoms with Gasteiger partial charge in [-0.15, -0.1) is 0 Å². The highest BCUT2D eigenvalue weighted by Gasteiger charge is 2.01. The largest absolute Gasteiger partial charge is 0.494 e. The number of benzene rings is 2. The Hall–Kier alpha value is -2.07. The topological polar surface area (TPSA) is 34.1 Å². The van der Waals surface area contributed by atoms with Crippen molar-refractivity contribution in [2.75, 3.05) is 18.5 Å². The Balaban J connectivity index is 1.43. The summed E-state index contributed by atoms with van der Waals surface area (Å²) < 4.78 is 6.86. The second-order valence-electron chi connectivity index (χ2n) is 4.43. The van der Waals surface area contributed by atoms with E-state index in [1.165, 1.54) is 4.70 Å². The quantitative estimate of drug-likeness (QED) is 0.690. The molecule has 0 amide bonds. The van der Waals surface area contributed by atoms with Gasteiger partial charge in [0.05, 0.1) is 16.8 Å². The molecule has 3 rings (SSSR count). The summed E-state index contributed by atoms with van der Waals surface area (Å²) in [7, 11) is 0. The van der Waals surface area contributed by atoms with Gasteiger partial charge in [-0.3, -0.25) is 0 Å². The van der Waals surface area contributed by atoms with Gasteiger partial charge in [-0.1, -0.05) is 41.7 Å². The standard InChI is InChI=1S/C16H16N2OS/c1-2-7-13(8-3-1)19-12-6-11-17-16-18-14-9-4-5-10-15(14)20-16/h1-5,7-10H,6,11-12H2,(H,17,18). The number of rotatable bonds is 6. The average Bonchev–Trinajstić information content (AvgIpc) is 2.90. The molecule has 0 aliphatic heterocycles. The summed E-state index contributed by atoms with van der Waals surface area (Å²) in [5, 5.41) is 4.33. The molecule has 102 valence electrons. The van der Waals surface area contributed by atoms with Gasteiger partial charge in [0.25, 0.3) is 0 Å². The van der Waals surface area contributed by atoms with Crippen molar-refractivity contribution in [3.63, 3.8) is 0 Å². The highest BCUT2D eigenvalue weighted by Crippen LogP contribution is 2.25. The van der Waals surface area contributed by atoms with Crippen LogP contribution in [0.5, 0.6) is 5.75 Å². The fourth-order valence-corrected chi connectivity index (χ4v) is 2.81. The van der Waals surface area contributed by atoms with Crippen LogP contribution in [0.2, 0.25) is 0 Å². The van der Waals surface area contributed by atoms with Crippen LogP contribution < -0.4 is 10.1 Å². The first-order valence-electron chi connectivity index (χ1n) is 6.69. The molecule has 0 radical (unpaired) electrons. The van der Waals surface area contributed by atoms with E-state index >= 15 is 0 Å². The highest BCUT2D eigenvalue weighted by atomic mass is 32.1. The van der Waals surface area contributed by atoms with Crippen molar-refractivity contribution in [1.29, 1.82) is 0 Å². The third kappa shape index (κ3) is 3.27. The molecule has 1 aromatic heterocycles. The second kappa shape index (κ2) is 6.39. The highest BCUT2D eigenvalue weighted by molar-refractivity contribution is 7.22. The lowest BCUT2D eigenvalue weighted by Gasteiger charge is -2.06. The maximum Gasteiger partial charge on any atom is 0.183 e. The molecule has 3 aromatic rings. The van der Waals surface area contributed by atoms with Gasteiger partial charge >= 0.3 is 0 Å². The monoisotopic (exact) mass is 284 g/mol. The van der Waals surface area contributed by atoms with Crippen LogP contribution in [0.1, 0.15) is 6.42 Å². The zero-order valence-electron chi connectivity index (χ0n) is 11.1. The Kier molecular flexibility index (Phi) is 4.13. The Labute approximate surface area is 122 Å². The Morgan fingerprint density at radius 2 is 1.80 bits per heavy atom. The first kappa shape index (κ1) is 12.9. The fourth-order valence-electron chi connectivity index (χ4n) is 1.92. The molecule has 0 bridgehead atoms. The van der Waals surface area contributed by atoms with Gasteiger partial charge in [0.2, 0.25) is 0 Å². The molecular formula is C16H16N2OS. The summed E-state index contributed by atoms with van der Waals surface area (Å²) in [6.07, 6.45) is 0.949. The number of hydrogen-bond donors (Lipinski definition) is 1. The molecule has 4 heteroatoms. The first-order chi connectivity index (χ1) is 9.92. The normalized spacial score (nSPS) is 10.6. The summed E-state index contributed by atoms with van der Waals surface area (Å²) in [5.74, 6) is 0.924. The lowest BCUT2D eigenvalue weighted by atomic mass is 10.3. The number of nitrogens with zero attached hydrogens (tertiary/aromatic N) is 1. The van der Waals surface area contributed by atoms with Crippen LogP contribution in [0.25, 0.3) is 10.2 Å². The Morgan fingerprint density at radius 3 is 2.65 bits per heavy atom. The Bertz CT molecular complexity index is 633. The minimum absolute atomic E-state index is 0.710. The summed E-state index contributed by atoms with van der Waals surface area (Å²) in [6, 6.07) is 18.1. The fraction of sp³-hybridized carbons (Fsp3) is 0.188. The molecule has 0 saturated carbocycles. The second-order valence-corrected chi connectivity index (χ2v) is 5.46. The van der Waals surface area contributed by atoms with Gasteiger partial charge in [0.1, 0.15) is 5.75 Å². The Morgan fingerprint density at radius 1 is 1.00 bits per heavy atom. The summed E-state index contributed by atoms with van der Waals surface area (Å²) in [5.41, 5.74) is 1.06. The molecule has 0 spiro atoms. The van der Waals surface area contributed by atoms with E-state index in [4.69, 9.17) is 4.74 Å². The maximum atomic E-state index is 5.65. The summed E-state index contributed by atoms with van der Waals surface area (Å²) in [4.78, 5) is 4.54. The van der Waals surface area contributed by atoms with Crippen molar-refractivity contribution >= 4 is 26.7 Å². The number of thiazole rings is 1. The molecule has 0 fully saturated rings. The molecular weight excluding hydrogens is 268 g/mol. The molecule has 1 N–H and O–H groups in total. The number of nitrogens with one attached hydrogen (secondary N) is 1. The van der Waals surface area contributed by atoms with Crippen LogP contribution in [0.3, 0.4) is 0 Å². The molecule has 20 heavy (non-hydrogen) atoms. The molecule has 0 atom stereocenters. The smallest absolute Gasteiger partial charge is 0.183 e. The van der Waals surface area contributed by atoms with Crippen LogP contribution in [-0.4, -0.2) is 18.1 Å². The molecule has 0 unspecified atom stereocenters. The van der Waals surface area contributed by atoms with Crippen LogP contribution >= 0.6 is 11.3 Å². The van der Waals surface area contributed by atoms with Crippen molar-refractivity contribution in [3.05, 3.63) is 54.6 Å². The minimum Gasteiger partial charge on any atom is -0.494 e. The van der Waals surface area contributed by atoms with E-state index in [-0.39, 0.29) is 0 Å². The van der Waals surface area contributed by atoms with E-state index in [1.54, 1.807) is 11.3 Å². The van der Waals surface area contributed by atoms with Crippen LogP contribution in [-0.2, 0) is 0 Å². The lowest BCUT2D eigenvalue weighted by molar-refractivity contribution is 0.315. The maximum absolute atomic E-state index is 5.65. The molecule has 1 heterocycles. The zero-order valence-corrected chi connectivity index (χ0v) is 11.9. The van der Waals surface area contributed by atoms with Crippen LogP contribution in [0.15, 0.2) is 54.6 Å². The summed E-state index contributed by atoms with van der Waals surface area (Å²) >= 11 is 1.69. The molecule has 3 nitrogen and oxygen atoms in total. The van der Waals surface area contributed by atoms with Crippen molar-refractivity contribution in [1.82, 2.24) is 4.98 Å². The van der Waals surface area contributed by atoms with E-state index in [0.717, 1.165) is 29.4 Å². The van der Waals surface area contributed by atoms with Gasteiger partial charge in [0, 0.05) is 6.54 Å². The zero-order chi connectivity index (χ0) is 13.6.